The molecule has 1 unspecified atom stereocenters. The quantitative estimate of drug-likeness (QED) is 0.365. The Morgan fingerprint density at radius 2 is 1.61 bits per heavy atom. The number of carbonyl (C=O) groups is 2. The summed E-state index contributed by atoms with van der Waals surface area (Å²) in [4.78, 5) is 35.5. The van der Waals surface area contributed by atoms with Crippen LogP contribution in [-0.2, 0) is 22.5 Å². The Hall–Kier alpha value is -3.88. The molecule has 1 N–H and O–H groups in total. The highest BCUT2D eigenvalue weighted by Gasteiger charge is 2.53. The molecule has 2 fully saturated rings. The van der Waals surface area contributed by atoms with Crippen LogP contribution in [0.15, 0.2) is 78.9 Å². The molecule has 0 aromatic heterocycles. The number of esters is 1. The van der Waals surface area contributed by atoms with Gasteiger partial charge in [-0.15, -0.1) is 0 Å². The number of piperidine rings is 1. The SMILES string of the molecule is CC(C)(C)OC(=O)c1ccc(CN2CN(c3ccccc3)C3(CCN(CCCN4c5ccccc5CC4O)CC3)C2=O)cc1. The number of hydrogen-bond acceptors (Lipinski definition) is 7. The van der Waals surface area contributed by atoms with E-state index in [4.69, 9.17) is 4.74 Å². The van der Waals surface area contributed by atoms with E-state index >= 15 is 0 Å². The number of fused-ring (bicyclic) bond motifs is 1. The highest BCUT2D eigenvalue weighted by molar-refractivity contribution is 5.93. The Kier molecular flexibility index (Phi) is 8.40. The highest BCUT2D eigenvalue weighted by Crippen LogP contribution is 2.40. The van der Waals surface area contributed by atoms with Crippen LogP contribution in [0.4, 0.5) is 11.4 Å². The predicted octanol–water partition coefficient (Wildman–Crippen LogP) is 5.05. The van der Waals surface area contributed by atoms with Crippen molar-refractivity contribution in [2.45, 2.75) is 70.4 Å². The molecule has 3 aromatic carbocycles. The topological polar surface area (TPSA) is 76.6 Å². The summed E-state index contributed by atoms with van der Waals surface area (Å²) >= 11 is 0. The Bertz CT molecular complexity index is 1460. The van der Waals surface area contributed by atoms with E-state index in [1.54, 1.807) is 12.1 Å². The molecular formula is C36H44N4O4. The summed E-state index contributed by atoms with van der Waals surface area (Å²) in [7, 11) is 0. The average Bonchev–Trinajstić information content (AvgIpc) is 3.47. The van der Waals surface area contributed by atoms with Crippen LogP contribution in [0.25, 0.3) is 0 Å². The average molecular weight is 597 g/mol. The molecule has 44 heavy (non-hydrogen) atoms. The van der Waals surface area contributed by atoms with Crippen LogP contribution in [0.3, 0.4) is 0 Å². The number of para-hydroxylation sites is 2. The van der Waals surface area contributed by atoms with E-state index in [1.807, 2.05) is 68.1 Å². The molecule has 0 aliphatic carbocycles. The zero-order valence-electron chi connectivity index (χ0n) is 26.1. The van der Waals surface area contributed by atoms with Crippen LogP contribution in [0.5, 0.6) is 0 Å². The van der Waals surface area contributed by atoms with Gasteiger partial charge in [-0.05, 0) is 88.0 Å². The molecule has 3 heterocycles. The molecule has 232 valence electrons. The summed E-state index contributed by atoms with van der Waals surface area (Å²) in [6.07, 6.45) is 2.73. The number of likely N-dealkylation sites (tertiary alicyclic amines) is 1. The van der Waals surface area contributed by atoms with Gasteiger partial charge in [-0.2, -0.15) is 0 Å². The van der Waals surface area contributed by atoms with Crippen molar-refractivity contribution in [3.05, 3.63) is 95.6 Å². The van der Waals surface area contributed by atoms with Gasteiger partial charge in [0.2, 0.25) is 5.91 Å². The van der Waals surface area contributed by atoms with Crippen LogP contribution in [0.2, 0.25) is 0 Å². The summed E-state index contributed by atoms with van der Waals surface area (Å²) in [5, 5.41) is 10.6. The Balaban J connectivity index is 1.10. The maximum atomic E-state index is 14.2. The van der Waals surface area contributed by atoms with Crippen LogP contribution in [0.1, 0.15) is 61.5 Å². The molecule has 6 rings (SSSR count). The first kappa shape index (κ1) is 30.2. The van der Waals surface area contributed by atoms with E-state index in [-0.39, 0.29) is 11.9 Å². The Morgan fingerprint density at radius 3 is 2.32 bits per heavy atom. The van der Waals surface area contributed by atoms with E-state index in [2.05, 4.69) is 39.0 Å². The van der Waals surface area contributed by atoms with Gasteiger partial charge in [0.1, 0.15) is 17.4 Å². The molecule has 3 aliphatic rings. The van der Waals surface area contributed by atoms with Crippen molar-refractivity contribution in [3.63, 3.8) is 0 Å². The molecule has 3 aromatic rings. The normalized spacial score (nSPS) is 20.0. The number of hydrogen-bond donors (Lipinski definition) is 1. The second-order valence-electron chi connectivity index (χ2n) is 13.3. The van der Waals surface area contributed by atoms with E-state index < -0.39 is 17.4 Å². The number of amides is 1. The van der Waals surface area contributed by atoms with Crippen molar-refractivity contribution < 1.29 is 19.4 Å². The molecule has 8 heteroatoms. The van der Waals surface area contributed by atoms with Crippen molar-refractivity contribution in [2.24, 2.45) is 0 Å². The van der Waals surface area contributed by atoms with Gasteiger partial charge < -0.3 is 29.4 Å². The maximum Gasteiger partial charge on any atom is 0.338 e. The number of rotatable bonds is 8. The summed E-state index contributed by atoms with van der Waals surface area (Å²) in [6.45, 7) is 10.1. The van der Waals surface area contributed by atoms with Gasteiger partial charge >= 0.3 is 5.97 Å². The molecule has 2 saturated heterocycles. The lowest BCUT2D eigenvalue weighted by atomic mass is 9.85. The molecule has 1 amide bonds. The van der Waals surface area contributed by atoms with Crippen molar-refractivity contribution in [3.8, 4) is 0 Å². The van der Waals surface area contributed by atoms with E-state index in [9.17, 15) is 14.7 Å². The minimum Gasteiger partial charge on any atom is -0.456 e. The largest absolute Gasteiger partial charge is 0.456 e. The number of ether oxygens (including phenoxy) is 1. The van der Waals surface area contributed by atoms with Gasteiger partial charge in [0.15, 0.2) is 0 Å². The molecule has 0 radical (unpaired) electrons. The third-order valence-corrected chi connectivity index (χ3v) is 9.16. The van der Waals surface area contributed by atoms with Gasteiger partial charge in [0.25, 0.3) is 0 Å². The third-order valence-electron chi connectivity index (χ3n) is 9.16. The van der Waals surface area contributed by atoms with Crippen LogP contribution >= 0.6 is 0 Å². The van der Waals surface area contributed by atoms with E-state index in [0.717, 1.165) is 62.4 Å². The lowest BCUT2D eigenvalue weighted by molar-refractivity contribution is -0.134. The van der Waals surface area contributed by atoms with Crippen molar-refractivity contribution in [2.75, 3.05) is 42.6 Å². The van der Waals surface area contributed by atoms with E-state index in [0.29, 0.717) is 25.2 Å². The lowest BCUT2D eigenvalue weighted by Crippen LogP contribution is -2.56. The predicted molar refractivity (Wildman–Crippen MR) is 172 cm³/mol. The minimum atomic E-state index is -0.571. The van der Waals surface area contributed by atoms with Crippen LogP contribution in [0, 0.1) is 0 Å². The number of aliphatic hydroxyl groups is 1. The fraction of sp³-hybridized carbons (Fsp3) is 0.444. The van der Waals surface area contributed by atoms with Crippen molar-refractivity contribution >= 4 is 23.3 Å². The third kappa shape index (κ3) is 6.19. The second kappa shape index (κ2) is 12.3. The monoisotopic (exact) mass is 596 g/mol. The summed E-state index contributed by atoms with van der Waals surface area (Å²) < 4.78 is 5.50. The lowest BCUT2D eigenvalue weighted by Gasteiger charge is -2.43. The summed E-state index contributed by atoms with van der Waals surface area (Å²) in [5.74, 6) is -0.169. The molecule has 8 nitrogen and oxygen atoms in total. The zero-order valence-corrected chi connectivity index (χ0v) is 26.1. The first-order chi connectivity index (χ1) is 21.1. The van der Waals surface area contributed by atoms with Gasteiger partial charge in [-0.25, -0.2) is 4.79 Å². The fourth-order valence-corrected chi connectivity index (χ4v) is 6.94. The fourth-order valence-electron chi connectivity index (χ4n) is 6.94. The number of nitrogens with zero attached hydrogens (tertiary/aromatic N) is 4. The molecule has 0 bridgehead atoms. The molecular weight excluding hydrogens is 552 g/mol. The Labute approximate surface area is 260 Å². The highest BCUT2D eigenvalue weighted by atomic mass is 16.6. The number of anilines is 2. The van der Waals surface area contributed by atoms with E-state index in [1.165, 1.54) is 5.56 Å². The molecule has 1 spiro atoms. The summed E-state index contributed by atoms with van der Waals surface area (Å²) in [5.41, 5.74) is 3.80. The number of benzene rings is 3. The van der Waals surface area contributed by atoms with Crippen LogP contribution in [-0.4, -0.2) is 77.0 Å². The van der Waals surface area contributed by atoms with Gasteiger partial charge in [0, 0.05) is 44.0 Å². The first-order valence-corrected chi connectivity index (χ1v) is 15.8. The standard InChI is InChI=1S/C36H44N4O4/c1-35(2,3)44-33(42)28-16-14-27(15-17-28)25-38-26-40(30-11-5-4-6-12-30)36(34(38)43)18-22-37(23-19-36)20-9-21-39-31-13-8-7-10-29(31)24-32(39)41/h4-8,10-17,32,41H,9,18-26H2,1-3H3. The number of carbonyl (C=O) groups excluding carboxylic acids is 2. The van der Waals surface area contributed by atoms with Gasteiger partial charge in [0.05, 0.1) is 12.2 Å². The minimum absolute atomic E-state index is 0.175. The maximum absolute atomic E-state index is 14.2. The van der Waals surface area contributed by atoms with Crippen molar-refractivity contribution in [1.82, 2.24) is 9.80 Å². The summed E-state index contributed by atoms with van der Waals surface area (Å²) in [6, 6.07) is 25.9. The first-order valence-electron chi connectivity index (χ1n) is 15.8. The molecule has 3 aliphatic heterocycles. The second-order valence-corrected chi connectivity index (χ2v) is 13.3. The van der Waals surface area contributed by atoms with Crippen molar-refractivity contribution in [1.29, 1.82) is 0 Å². The zero-order chi connectivity index (χ0) is 30.9. The molecule has 0 saturated carbocycles. The van der Waals surface area contributed by atoms with Gasteiger partial charge in [-0.1, -0.05) is 48.5 Å². The van der Waals surface area contributed by atoms with Crippen LogP contribution < -0.4 is 9.80 Å². The Morgan fingerprint density at radius 1 is 0.932 bits per heavy atom. The number of aliphatic hydroxyl groups excluding tert-OH is 1. The van der Waals surface area contributed by atoms with Gasteiger partial charge in [-0.3, -0.25) is 4.79 Å². The molecule has 1 atom stereocenters. The smallest absolute Gasteiger partial charge is 0.338 e.